The molecule has 20 heavy (non-hydrogen) atoms. The van der Waals surface area contributed by atoms with Crippen molar-refractivity contribution in [1.29, 1.82) is 0 Å². The number of aryl methyl sites for hydroxylation is 3. The third-order valence-electron chi connectivity index (χ3n) is 2.72. The molecule has 1 N–H and O–H groups in total. The number of amides is 1. The van der Waals surface area contributed by atoms with Crippen molar-refractivity contribution in [2.75, 3.05) is 5.32 Å². The Morgan fingerprint density at radius 3 is 2.70 bits per heavy atom. The smallest absolute Gasteiger partial charge is 0.248 e. The summed E-state index contributed by atoms with van der Waals surface area (Å²) in [6.45, 7) is 5.81. The van der Waals surface area contributed by atoms with Crippen molar-refractivity contribution in [2.45, 2.75) is 20.8 Å². The van der Waals surface area contributed by atoms with Crippen LogP contribution in [0.3, 0.4) is 0 Å². The first-order valence-corrected chi connectivity index (χ1v) is 7.39. The zero-order valence-electron chi connectivity index (χ0n) is 11.5. The van der Waals surface area contributed by atoms with Crippen LogP contribution < -0.4 is 5.32 Å². The molecule has 2 rings (SSSR count). The van der Waals surface area contributed by atoms with Gasteiger partial charge in [-0.15, -0.1) is 11.3 Å². The molecule has 3 nitrogen and oxygen atoms in total. The number of nitrogens with zero attached hydrogens (tertiary/aromatic N) is 1. The van der Waals surface area contributed by atoms with E-state index in [1.165, 1.54) is 6.08 Å². The molecule has 0 aliphatic rings. The normalized spacial score (nSPS) is 11.0. The quantitative estimate of drug-likeness (QED) is 0.855. The van der Waals surface area contributed by atoms with Gasteiger partial charge in [-0.25, -0.2) is 4.98 Å². The molecule has 0 saturated heterocycles. The Labute approximate surface area is 127 Å². The number of hydrogen-bond donors (Lipinski definition) is 1. The first-order valence-electron chi connectivity index (χ1n) is 6.13. The molecule has 1 amide bonds. The third kappa shape index (κ3) is 3.68. The number of carbonyl (C=O) groups excluding carboxylic acids is 1. The Kier molecular flexibility index (Phi) is 4.57. The molecule has 104 valence electrons. The molecule has 1 aromatic heterocycles. The van der Waals surface area contributed by atoms with Crippen LogP contribution in [0, 0.1) is 20.8 Å². The Morgan fingerprint density at radius 2 is 2.10 bits per heavy atom. The molecule has 0 fully saturated rings. The maximum atomic E-state index is 11.9. The number of hydrogen-bond acceptors (Lipinski definition) is 3. The summed E-state index contributed by atoms with van der Waals surface area (Å²) >= 11 is 7.70. The summed E-state index contributed by atoms with van der Waals surface area (Å²) in [5, 5.41) is 6.23. The zero-order chi connectivity index (χ0) is 14.7. The van der Waals surface area contributed by atoms with Gasteiger partial charge in [0.1, 0.15) is 0 Å². The van der Waals surface area contributed by atoms with Gasteiger partial charge in [0.2, 0.25) is 5.91 Å². The van der Waals surface area contributed by atoms with E-state index in [-0.39, 0.29) is 5.91 Å². The van der Waals surface area contributed by atoms with Crippen molar-refractivity contribution in [3.8, 4) is 0 Å². The highest BCUT2D eigenvalue weighted by atomic mass is 35.5. The van der Waals surface area contributed by atoms with Crippen LogP contribution in [0.15, 0.2) is 23.6 Å². The Morgan fingerprint density at radius 1 is 1.35 bits per heavy atom. The predicted molar refractivity (Wildman–Crippen MR) is 85.4 cm³/mol. The van der Waals surface area contributed by atoms with E-state index in [0.29, 0.717) is 10.7 Å². The molecule has 0 unspecified atom stereocenters. The minimum Gasteiger partial charge on any atom is -0.321 e. The summed E-state index contributed by atoms with van der Waals surface area (Å²) in [7, 11) is 0. The highest BCUT2D eigenvalue weighted by Crippen LogP contribution is 2.27. The summed E-state index contributed by atoms with van der Waals surface area (Å²) in [5.74, 6) is -0.218. The fourth-order valence-corrected chi connectivity index (χ4v) is 2.81. The van der Waals surface area contributed by atoms with Crippen molar-refractivity contribution in [2.24, 2.45) is 0 Å². The summed E-state index contributed by atoms with van der Waals surface area (Å²) < 4.78 is 0. The second kappa shape index (κ2) is 6.20. The molecule has 0 spiro atoms. The standard InChI is InChI=1S/C15H15ClN2OS/c1-9-6-10(2)15(13(16)7-9)18-14(19)5-4-12-8-20-11(3)17-12/h4-8H,1-3H3,(H,18,19)/b5-4+. The van der Waals surface area contributed by atoms with Crippen LogP contribution in [0.25, 0.3) is 6.08 Å². The van der Waals surface area contributed by atoms with Gasteiger partial charge in [-0.1, -0.05) is 17.7 Å². The average molecular weight is 307 g/mol. The SMILES string of the molecule is Cc1cc(C)c(NC(=O)/C=C/c2csc(C)n2)c(Cl)c1. The zero-order valence-corrected chi connectivity index (χ0v) is 13.1. The van der Waals surface area contributed by atoms with Crippen LogP contribution in [0.1, 0.15) is 21.8 Å². The van der Waals surface area contributed by atoms with Gasteiger partial charge in [0.15, 0.2) is 0 Å². The lowest BCUT2D eigenvalue weighted by Crippen LogP contribution is -2.09. The number of benzene rings is 1. The van der Waals surface area contributed by atoms with Gasteiger partial charge in [-0.05, 0) is 44.0 Å². The van der Waals surface area contributed by atoms with Crippen LogP contribution in [-0.4, -0.2) is 10.9 Å². The maximum absolute atomic E-state index is 11.9. The van der Waals surface area contributed by atoms with E-state index in [1.54, 1.807) is 17.4 Å². The molecule has 1 heterocycles. The molecular formula is C15H15ClN2OS. The topological polar surface area (TPSA) is 42.0 Å². The Hall–Kier alpha value is -1.65. The molecule has 0 saturated carbocycles. The maximum Gasteiger partial charge on any atom is 0.248 e. The van der Waals surface area contributed by atoms with E-state index in [9.17, 15) is 4.79 Å². The lowest BCUT2D eigenvalue weighted by Gasteiger charge is -2.09. The van der Waals surface area contributed by atoms with Crippen molar-refractivity contribution in [1.82, 2.24) is 4.98 Å². The van der Waals surface area contributed by atoms with Gasteiger partial charge in [0.05, 0.1) is 21.4 Å². The first-order chi connectivity index (χ1) is 9.45. The van der Waals surface area contributed by atoms with Gasteiger partial charge in [0.25, 0.3) is 0 Å². The van der Waals surface area contributed by atoms with Gasteiger partial charge in [0, 0.05) is 11.5 Å². The molecule has 0 aliphatic heterocycles. The van der Waals surface area contributed by atoms with E-state index in [4.69, 9.17) is 11.6 Å². The Balaban J connectivity index is 2.10. The van der Waals surface area contributed by atoms with Crippen LogP contribution in [0.4, 0.5) is 5.69 Å². The minimum absolute atomic E-state index is 0.218. The predicted octanol–water partition coefficient (Wildman–Crippen LogP) is 4.37. The number of halogens is 1. The molecule has 0 atom stereocenters. The molecule has 1 aromatic carbocycles. The fourth-order valence-electron chi connectivity index (χ4n) is 1.86. The second-order valence-electron chi connectivity index (χ2n) is 4.55. The number of nitrogens with one attached hydrogen (secondary N) is 1. The summed E-state index contributed by atoms with van der Waals surface area (Å²) in [5.41, 5.74) is 3.45. The summed E-state index contributed by atoms with van der Waals surface area (Å²) in [4.78, 5) is 16.2. The second-order valence-corrected chi connectivity index (χ2v) is 6.02. The number of rotatable bonds is 3. The van der Waals surface area contributed by atoms with Gasteiger partial charge >= 0.3 is 0 Å². The molecular weight excluding hydrogens is 292 g/mol. The molecule has 5 heteroatoms. The first kappa shape index (κ1) is 14.8. The summed E-state index contributed by atoms with van der Waals surface area (Å²) in [6, 6.07) is 3.81. The van der Waals surface area contributed by atoms with E-state index in [1.807, 2.05) is 38.3 Å². The third-order valence-corrected chi connectivity index (χ3v) is 3.81. The van der Waals surface area contributed by atoms with E-state index in [0.717, 1.165) is 21.8 Å². The van der Waals surface area contributed by atoms with Crippen molar-refractivity contribution < 1.29 is 4.79 Å². The number of carbonyl (C=O) groups is 1. The average Bonchev–Trinajstić information content (AvgIpc) is 2.77. The number of thiazole rings is 1. The van der Waals surface area contributed by atoms with E-state index >= 15 is 0 Å². The van der Waals surface area contributed by atoms with Gasteiger partial charge < -0.3 is 5.32 Å². The van der Waals surface area contributed by atoms with Crippen LogP contribution >= 0.6 is 22.9 Å². The summed E-state index contributed by atoms with van der Waals surface area (Å²) in [6.07, 6.45) is 3.15. The van der Waals surface area contributed by atoms with Crippen molar-refractivity contribution >= 4 is 40.6 Å². The number of anilines is 1. The van der Waals surface area contributed by atoms with Crippen LogP contribution in [0.2, 0.25) is 5.02 Å². The highest BCUT2D eigenvalue weighted by molar-refractivity contribution is 7.09. The molecule has 2 aromatic rings. The Bertz CT molecular complexity index is 653. The van der Waals surface area contributed by atoms with Gasteiger partial charge in [-0.2, -0.15) is 0 Å². The largest absolute Gasteiger partial charge is 0.321 e. The number of aromatic nitrogens is 1. The van der Waals surface area contributed by atoms with E-state index < -0.39 is 0 Å². The van der Waals surface area contributed by atoms with Crippen LogP contribution in [0.5, 0.6) is 0 Å². The molecule has 0 bridgehead atoms. The minimum atomic E-state index is -0.218. The van der Waals surface area contributed by atoms with E-state index in [2.05, 4.69) is 10.3 Å². The lowest BCUT2D eigenvalue weighted by molar-refractivity contribution is -0.111. The van der Waals surface area contributed by atoms with Gasteiger partial charge in [-0.3, -0.25) is 4.79 Å². The molecule has 0 aliphatic carbocycles. The fraction of sp³-hybridized carbons (Fsp3) is 0.200. The monoisotopic (exact) mass is 306 g/mol. The molecule has 0 radical (unpaired) electrons. The highest BCUT2D eigenvalue weighted by Gasteiger charge is 2.07. The van der Waals surface area contributed by atoms with Crippen molar-refractivity contribution in [3.05, 3.63) is 50.4 Å². The lowest BCUT2D eigenvalue weighted by atomic mass is 10.1. The van der Waals surface area contributed by atoms with Crippen molar-refractivity contribution in [3.63, 3.8) is 0 Å². The van der Waals surface area contributed by atoms with Crippen LogP contribution in [-0.2, 0) is 4.79 Å².